The number of thiophene rings is 1. The van der Waals surface area contributed by atoms with Gasteiger partial charge in [0, 0.05) is 15.6 Å². The van der Waals surface area contributed by atoms with Crippen LogP contribution in [0, 0.1) is 11.3 Å². The van der Waals surface area contributed by atoms with Crippen molar-refractivity contribution < 1.29 is 10.2 Å². The normalized spacial score (nSPS) is 10.3. The first-order valence-electron chi connectivity index (χ1n) is 4.01. The van der Waals surface area contributed by atoms with E-state index in [0.717, 1.165) is 10.1 Å². The molecular weight excluding hydrogens is 198 g/mol. The molecule has 3 nitrogen and oxygen atoms in total. The molecule has 4 heteroatoms. The first-order valence-corrected chi connectivity index (χ1v) is 4.89. The van der Waals surface area contributed by atoms with Crippen LogP contribution >= 0.6 is 11.3 Å². The van der Waals surface area contributed by atoms with Gasteiger partial charge in [-0.05, 0) is 17.5 Å². The van der Waals surface area contributed by atoms with Gasteiger partial charge in [-0.3, -0.25) is 0 Å². The molecule has 70 valence electrons. The molecule has 0 saturated heterocycles. The predicted molar refractivity (Wildman–Crippen MR) is 54.1 cm³/mol. The van der Waals surface area contributed by atoms with Crippen molar-refractivity contribution in [3.05, 3.63) is 28.6 Å². The van der Waals surface area contributed by atoms with Crippen molar-refractivity contribution in [1.82, 2.24) is 0 Å². The quantitative estimate of drug-likeness (QED) is 0.748. The zero-order valence-corrected chi connectivity index (χ0v) is 8.01. The van der Waals surface area contributed by atoms with Crippen LogP contribution in [0.15, 0.2) is 17.5 Å². The monoisotopic (exact) mass is 205 g/mol. The molecule has 2 rings (SSSR count). The highest BCUT2D eigenvalue weighted by Crippen LogP contribution is 2.33. The highest BCUT2D eigenvalue weighted by atomic mass is 32.1. The fraction of sp³-hybridized carbons (Fsp3) is 0.100. The minimum absolute atomic E-state index is 0.110. The molecule has 1 aromatic heterocycles. The number of hydrogen-bond acceptors (Lipinski definition) is 4. The van der Waals surface area contributed by atoms with E-state index in [-0.39, 0.29) is 17.9 Å². The Morgan fingerprint density at radius 2 is 2.29 bits per heavy atom. The molecular formula is C10H7NO2S. The standard InChI is InChI=1S/C10H7NO2S/c11-4-8-7-1-2-14-9(7)3-6(5-12)10(8)13/h1-3,12-13H,5H2. The molecule has 0 saturated carbocycles. The second-order valence-corrected chi connectivity index (χ2v) is 3.81. The van der Waals surface area contributed by atoms with E-state index >= 15 is 0 Å². The maximum Gasteiger partial charge on any atom is 0.139 e. The van der Waals surface area contributed by atoms with Crippen LogP contribution in [0.1, 0.15) is 11.1 Å². The van der Waals surface area contributed by atoms with Gasteiger partial charge >= 0.3 is 0 Å². The number of phenols is 1. The zero-order chi connectivity index (χ0) is 10.1. The minimum Gasteiger partial charge on any atom is -0.506 e. The molecule has 0 aliphatic carbocycles. The van der Waals surface area contributed by atoms with Crippen LogP contribution in [0.5, 0.6) is 5.75 Å². The van der Waals surface area contributed by atoms with E-state index in [1.54, 1.807) is 12.1 Å². The van der Waals surface area contributed by atoms with Crippen molar-refractivity contribution in [2.75, 3.05) is 0 Å². The maximum absolute atomic E-state index is 9.63. The Morgan fingerprint density at radius 1 is 1.50 bits per heavy atom. The first kappa shape index (κ1) is 9.00. The lowest BCUT2D eigenvalue weighted by Gasteiger charge is -2.03. The lowest BCUT2D eigenvalue weighted by Crippen LogP contribution is -1.87. The second kappa shape index (κ2) is 3.29. The smallest absolute Gasteiger partial charge is 0.139 e. The molecule has 0 aliphatic heterocycles. The molecule has 1 aromatic carbocycles. The fourth-order valence-electron chi connectivity index (χ4n) is 1.39. The van der Waals surface area contributed by atoms with Crippen LogP contribution in [0.2, 0.25) is 0 Å². The summed E-state index contributed by atoms with van der Waals surface area (Å²) in [5.41, 5.74) is 0.643. The third-order valence-corrected chi connectivity index (χ3v) is 2.96. The second-order valence-electron chi connectivity index (χ2n) is 2.86. The van der Waals surface area contributed by atoms with Crippen LogP contribution in [-0.2, 0) is 6.61 Å². The van der Waals surface area contributed by atoms with E-state index in [0.29, 0.717) is 5.56 Å². The predicted octanol–water partition coefficient (Wildman–Crippen LogP) is 1.97. The third kappa shape index (κ3) is 1.15. The molecule has 0 amide bonds. The summed E-state index contributed by atoms with van der Waals surface area (Å²) in [4.78, 5) is 0. The summed E-state index contributed by atoms with van der Waals surface area (Å²) in [6.07, 6.45) is 0. The third-order valence-electron chi connectivity index (χ3n) is 2.09. The Kier molecular flexibility index (Phi) is 2.12. The number of aliphatic hydroxyl groups is 1. The number of nitrogens with zero attached hydrogens (tertiary/aromatic N) is 1. The molecule has 0 spiro atoms. The maximum atomic E-state index is 9.63. The van der Waals surface area contributed by atoms with Gasteiger partial charge in [0.15, 0.2) is 0 Å². The van der Waals surface area contributed by atoms with Gasteiger partial charge in [0.25, 0.3) is 0 Å². The average molecular weight is 205 g/mol. The van der Waals surface area contributed by atoms with Gasteiger partial charge in [-0.2, -0.15) is 5.26 Å². The number of hydrogen-bond donors (Lipinski definition) is 2. The first-order chi connectivity index (χ1) is 6.77. The fourth-order valence-corrected chi connectivity index (χ4v) is 2.25. The van der Waals surface area contributed by atoms with Gasteiger partial charge in [-0.1, -0.05) is 0 Å². The highest BCUT2D eigenvalue weighted by Gasteiger charge is 2.12. The van der Waals surface area contributed by atoms with Crippen molar-refractivity contribution in [3.8, 4) is 11.8 Å². The summed E-state index contributed by atoms with van der Waals surface area (Å²) in [7, 11) is 0. The SMILES string of the molecule is N#Cc1c(O)c(CO)cc2sccc12. The van der Waals surface area contributed by atoms with Crippen LogP contribution < -0.4 is 0 Å². The van der Waals surface area contributed by atoms with Gasteiger partial charge in [0.05, 0.1) is 6.61 Å². The van der Waals surface area contributed by atoms with Gasteiger partial charge in [0.2, 0.25) is 0 Å². The molecule has 0 fully saturated rings. The van der Waals surface area contributed by atoms with E-state index in [9.17, 15) is 5.11 Å². The number of aliphatic hydroxyl groups excluding tert-OH is 1. The Labute approximate surface area is 84.5 Å². The minimum atomic E-state index is -0.256. The van der Waals surface area contributed by atoms with E-state index in [1.807, 2.05) is 11.4 Å². The Bertz CT molecular complexity index is 525. The summed E-state index contributed by atoms with van der Waals surface area (Å²) in [5, 5.41) is 30.1. The van der Waals surface area contributed by atoms with Crippen molar-refractivity contribution in [2.45, 2.75) is 6.61 Å². The Morgan fingerprint density at radius 3 is 2.93 bits per heavy atom. The Balaban J connectivity index is 2.89. The lowest BCUT2D eigenvalue weighted by molar-refractivity contribution is 0.275. The number of aromatic hydroxyl groups is 1. The van der Waals surface area contributed by atoms with E-state index in [2.05, 4.69) is 0 Å². The molecule has 2 aromatic rings. The number of benzene rings is 1. The van der Waals surface area contributed by atoms with Crippen LogP contribution in [0.4, 0.5) is 0 Å². The molecule has 2 N–H and O–H groups in total. The lowest BCUT2D eigenvalue weighted by atomic mass is 10.1. The van der Waals surface area contributed by atoms with Crippen molar-refractivity contribution in [1.29, 1.82) is 5.26 Å². The van der Waals surface area contributed by atoms with E-state index in [4.69, 9.17) is 10.4 Å². The summed E-state index contributed by atoms with van der Waals surface area (Å²) in [6, 6.07) is 5.44. The van der Waals surface area contributed by atoms with Gasteiger partial charge < -0.3 is 10.2 Å². The molecule has 0 unspecified atom stereocenters. The summed E-state index contributed by atoms with van der Waals surface area (Å²) >= 11 is 1.48. The summed E-state index contributed by atoms with van der Waals surface area (Å²) in [5.74, 6) is -0.110. The van der Waals surface area contributed by atoms with Crippen LogP contribution in [-0.4, -0.2) is 10.2 Å². The molecule has 14 heavy (non-hydrogen) atoms. The van der Waals surface area contributed by atoms with Crippen molar-refractivity contribution >= 4 is 21.4 Å². The molecule has 0 atom stereocenters. The van der Waals surface area contributed by atoms with Crippen LogP contribution in [0.3, 0.4) is 0 Å². The number of fused-ring (bicyclic) bond motifs is 1. The van der Waals surface area contributed by atoms with E-state index in [1.165, 1.54) is 11.3 Å². The highest BCUT2D eigenvalue weighted by molar-refractivity contribution is 7.17. The van der Waals surface area contributed by atoms with Gasteiger partial charge in [0.1, 0.15) is 17.4 Å². The van der Waals surface area contributed by atoms with Crippen LogP contribution in [0.25, 0.3) is 10.1 Å². The molecule has 1 heterocycles. The number of rotatable bonds is 1. The average Bonchev–Trinajstić information content (AvgIpc) is 2.64. The topological polar surface area (TPSA) is 64.2 Å². The van der Waals surface area contributed by atoms with E-state index < -0.39 is 0 Å². The molecule has 0 aliphatic rings. The molecule has 0 bridgehead atoms. The summed E-state index contributed by atoms with van der Waals surface area (Å²) in [6.45, 7) is -0.256. The Hall–Kier alpha value is -1.57. The van der Waals surface area contributed by atoms with Gasteiger partial charge in [-0.25, -0.2) is 0 Å². The number of nitriles is 1. The van der Waals surface area contributed by atoms with Crippen molar-refractivity contribution in [2.24, 2.45) is 0 Å². The molecule has 0 radical (unpaired) electrons. The van der Waals surface area contributed by atoms with Gasteiger partial charge in [-0.15, -0.1) is 11.3 Å². The summed E-state index contributed by atoms with van der Waals surface area (Å²) < 4.78 is 0.906. The zero-order valence-electron chi connectivity index (χ0n) is 7.19. The van der Waals surface area contributed by atoms with Crippen molar-refractivity contribution in [3.63, 3.8) is 0 Å². The largest absolute Gasteiger partial charge is 0.506 e.